The number of carbonyl (C=O) groups is 2. The number of hydrogen-bond donors (Lipinski definition) is 1. The lowest BCUT2D eigenvalue weighted by atomic mass is 10.1. The van der Waals surface area contributed by atoms with Crippen LogP contribution in [0.2, 0.25) is 0 Å². The summed E-state index contributed by atoms with van der Waals surface area (Å²) in [6.07, 6.45) is 5.87. The van der Waals surface area contributed by atoms with E-state index >= 15 is 0 Å². The summed E-state index contributed by atoms with van der Waals surface area (Å²) in [6, 6.07) is 7.01. The molecule has 0 bridgehead atoms. The van der Waals surface area contributed by atoms with E-state index in [4.69, 9.17) is 4.74 Å². The Morgan fingerprint density at radius 2 is 1.82 bits per heavy atom. The maximum Gasteiger partial charge on any atom is 0.337 e. The number of carbonyl (C=O) groups excluding carboxylic acids is 2. The molecule has 5 heteroatoms. The van der Waals surface area contributed by atoms with Crippen molar-refractivity contribution in [3.8, 4) is 0 Å². The Hall–Kier alpha value is -2.04. The molecule has 1 heterocycles. The van der Waals surface area contributed by atoms with Gasteiger partial charge in [-0.1, -0.05) is 25.3 Å². The normalized spacial score (nSPS) is 15.6. The molecule has 2 rings (SSSR count). The molecule has 0 spiro atoms. The zero-order valence-corrected chi connectivity index (χ0v) is 13.1. The van der Waals surface area contributed by atoms with Gasteiger partial charge in [-0.15, -0.1) is 0 Å². The molecule has 22 heavy (non-hydrogen) atoms. The van der Waals surface area contributed by atoms with Gasteiger partial charge >= 0.3 is 5.97 Å². The molecule has 0 radical (unpaired) electrons. The van der Waals surface area contributed by atoms with Gasteiger partial charge in [0.2, 0.25) is 5.91 Å². The molecule has 1 aliphatic rings. The summed E-state index contributed by atoms with van der Waals surface area (Å²) in [5, 5.41) is 3.10. The van der Waals surface area contributed by atoms with Crippen molar-refractivity contribution in [2.75, 3.05) is 32.1 Å². The molecule has 0 atom stereocenters. The fourth-order valence-corrected chi connectivity index (χ4v) is 2.66. The number of hydrogen-bond acceptors (Lipinski definition) is 4. The first-order valence-electron chi connectivity index (χ1n) is 7.91. The van der Waals surface area contributed by atoms with Crippen LogP contribution in [0, 0.1) is 0 Å². The fraction of sp³-hybridized carbons (Fsp3) is 0.529. The van der Waals surface area contributed by atoms with E-state index in [1.807, 2.05) is 11.0 Å². The first-order chi connectivity index (χ1) is 10.7. The van der Waals surface area contributed by atoms with Gasteiger partial charge < -0.3 is 15.0 Å². The predicted molar refractivity (Wildman–Crippen MR) is 85.9 cm³/mol. The summed E-state index contributed by atoms with van der Waals surface area (Å²) < 4.78 is 4.70. The molecule has 1 aromatic carbocycles. The summed E-state index contributed by atoms with van der Waals surface area (Å²) in [4.78, 5) is 25.7. The SMILES string of the molecule is COC(=O)c1cccc(NCC(=O)N2CCCCCCC2)c1. The topological polar surface area (TPSA) is 58.6 Å². The van der Waals surface area contributed by atoms with Crippen LogP contribution in [-0.2, 0) is 9.53 Å². The summed E-state index contributed by atoms with van der Waals surface area (Å²) in [5.41, 5.74) is 1.23. The molecule has 0 aromatic heterocycles. The van der Waals surface area contributed by atoms with Crippen molar-refractivity contribution < 1.29 is 14.3 Å². The van der Waals surface area contributed by atoms with Gasteiger partial charge in [0.1, 0.15) is 0 Å². The molecule has 1 amide bonds. The maximum atomic E-state index is 12.3. The number of methoxy groups -OCH3 is 1. The number of nitrogens with one attached hydrogen (secondary N) is 1. The van der Waals surface area contributed by atoms with E-state index < -0.39 is 0 Å². The standard InChI is InChI=1S/C17H24N2O3/c1-22-17(21)14-8-7-9-15(12-14)18-13-16(20)19-10-5-3-2-4-6-11-19/h7-9,12,18H,2-6,10-11,13H2,1H3. The number of esters is 1. The Bertz CT molecular complexity index is 508. The number of likely N-dealkylation sites (tertiary alicyclic amines) is 1. The molecule has 1 aromatic rings. The Balaban J connectivity index is 1.88. The average Bonchev–Trinajstić information content (AvgIpc) is 2.52. The minimum Gasteiger partial charge on any atom is -0.465 e. The number of ether oxygens (including phenoxy) is 1. The van der Waals surface area contributed by atoms with E-state index in [1.165, 1.54) is 26.4 Å². The monoisotopic (exact) mass is 304 g/mol. The number of benzene rings is 1. The second kappa shape index (κ2) is 8.41. The Morgan fingerprint density at radius 3 is 2.50 bits per heavy atom. The van der Waals surface area contributed by atoms with Crippen LogP contribution in [0.3, 0.4) is 0 Å². The number of anilines is 1. The number of nitrogens with zero attached hydrogens (tertiary/aromatic N) is 1. The lowest BCUT2D eigenvalue weighted by Gasteiger charge is -2.25. The number of rotatable bonds is 4. The van der Waals surface area contributed by atoms with Crippen LogP contribution in [-0.4, -0.2) is 43.5 Å². The van der Waals surface area contributed by atoms with Crippen LogP contribution in [0.25, 0.3) is 0 Å². The zero-order chi connectivity index (χ0) is 15.8. The second-order valence-corrected chi connectivity index (χ2v) is 5.57. The van der Waals surface area contributed by atoms with Gasteiger partial charge in [0.05, 0.1) is 19.2 Å². The third-order valence-electron chi connectivity index (χ3n) is 3.94. The lowest BCUT2D eigenvalue weighted by Crippen LogP contribution is -2.37. The Morgan fingerprint density at radius 1 is 1.14 bits per heavy atom. The highest BCUT2D eigenvalue weighted by molar-refractivity contribution is 5.90. The third kappa shape index (κ3) is 4.76. The second-order valence-electron chi connectivity index (χ2n) is 5.57. The molecule has 1 aliphatic heterocycles. The quantitative estimate of drug-likeness (QED) is 0.869. The molecular formula is C17H24N2O3. The third-order valence-corrected chi connectivity index (χ3v) is 3.94. The fourth-order valence-electron chi connectivity index (χ4n) is 2.66. The van der Waals surface area contributed by atoms with Gasteiger partial charge in [-0.25, -0.2) is 4.79 Å². The molecule has 5 nitrogen and oxygen atoms in total. The van der Waals surface area contributed by atoms with Gasteiger partial charge in [0, 0.05) is 18.8 Å². The van der Waals surface area contributed by atoms with Gasteiger partial charge in [0.25, 0.3) is 0 Å². The van der Waals surface area contributed by atoms with Crippen LogP contribution < -0.4 is 5.32 Å². The van der Waals surface area contributed by atoms with E-state index in [0.29, 0.717) is 5.56 Å². The van der Waals surface area contributed by atoms with Crippen molar-refractivity contribution in [3.63, 3.8) is 0 Å². The van der Waals surface area contributed by atoms with Crippen molar-refractivity contribution in [1.29, 1.82) is 0 Å². The first-order valence-corrected chi connectivity index (χ1v) is 7.91. The van der Waals surface area contributed by atoms with Crippen LogP contribution in [0.1, 0.15) is 42.5 Å². The van der Waals surface area contributed by atoms with Crippen molar-refractivity contribution in [2.24, 2.45) is 0 Å². The summed E-state index contributed by atoms with van der Waals surface area (Å²) >= 11 is 0. The highest BCUT2D eigenvalue weighted by atomic mass is 16.5. The predicted octanol–water partition coefficient (Wildman–Crippen LogP) is 2.68. The Labute approximate surface area is 131 Å². The van der Waals surface area contributed by atoms with Crippen molar-refractivity contribution >= 4 is 17.6 Å². The average molecular weight is 304 g/mol. The molecule has 1 saturated heterocycles. The van der Waals surface area contributed by atoms with E-state index in [0.717, 1.165) is 31.6 Å². The van der Waals surface area contributed by atoms with E-state index in [9.17, 15) is 9.59 Å². The van der Waals surface area contributed by atoms with Crippen molar-refractivity contribution in [3.05, 3.63) is 29.8 Å². The summed E-state index contributed by atoms with van der Waals surface area (Å²) in [7, 11) is 1.36. The largest absolute Gasteiger partial charge is 0.465 e. The number of amides is 1. The molecule has 0 unspecified atom stereocenters. The van der Waals surface area contributed by atoms with Crippen LogP contribution in [0.15, 0.2) is 24.3 Å². The van der Waals surface area contributed by atoms with Gasteiger partial charge in [-0.3, -0.25) is 4.79 Å². The lowest BCUT2D eigenvalue weighted by molar-refractivity contribution is -0.129. The van der Waals surface area contributed by atoms with Gasteiger partial charge in [-0.2, -0.15) is 0 Å². The summed E-state index contributed by atoms with van der Waals surface area (Å²) in [6.45, 7) is 1.95. The Kier molecular flexibility index (Phi) is 6.25. The van der Waals surface area contributed by atoms with E-state index in [-0.39, 0.29) is 18.4 Å². The van der Waals surface area contributed by atoms with Crippen LogP contribution in [0.4, 0.5) is 5.69 Å². The molecule has 1 N–H and O–H groups in total. The molecular weight excluding hydrogens is 280 g/mol. The van der Waals surface area contributed by atoms with Crippen molar-refractivity contribution in [2.45, 2.75) is 32.1 Å². The van der Waals surface area contributed by atoms with Crippen LogP contribution in [0.5, 0.6) is 0 Å². The maximum absolute atomic E-state index is 12.3. The van der Waals surface area contributed by atoms with E-state index in [2.05, 4.69) is 5.32 Å². The van der Waals surface area contributed by atoms with E-state index in [1.54, 1.807) is 18.2 Å². The molecule has 120 valence electrons. The van der Waals surface area contributed by atoms with Gasteiger partial charge in [0.15, 0.2) is 0 Å². The zero-order valence-electron chi connectivity index (χ0n) is 13.1. The minimum atomic E-state index is -0.376. The van der Waals surface area contributed by atoms with Crippen LogP contribution >= 0.6 is 0 Å². The molecule has 0 aliphatic carbocycles. The first kappa shape index (κ1) is 16.3. The molecule has 0 saturated carbocycles. The summed E-state index contributed by atoms with van der Waals surface area (Å²) in [5.74, 6) is -0.260. The molecule has 1 fully saturated rings. The minimum absolute atomic E-state index is 0.116. The highest BCUT2D eigenvalue weighted by Crippen LogP contribution is 2.13. The highest BCUT2D eigenvalue weighted by Gasteiger charge is 2.14. The van der Waals surface area contributed by atoms with Crippen molar-refractivity contribution in [1.82, 2.24) is 4.90 Å². The van der Waals surface area contributed by atoms with Gasteiger partial charge in [-0.05, 0) is 31.0 Å². The smallest absolute Gasteiger partial charge is 0.337 e.